The van der Waals surface area contributed by atoms with Gasteiger partial charge in [-0.25, -0.2) is 4.98 Å². The van der Waals surface area contributed by atoms with Crippen LogP contribution in [0.3, 0.4) is 0 Å². The van der Waals surface area contributed by atoms with Crippen molar-refractivity contribution in [1.29, 1.82) is 0 Å². The molecule has 3 aromatic heterocycles. The maximum atomic E-state index is 6.34. The lowest BCUT2D eigenvalue weighted by molar-refractivity contribution is 0.661. The first kappa shape index (κ1) is 28.3. The molecule has 10 aromatic rings. The van der Waals surface area contributed by atoms with Crippen LogP contribution >= 0.6 is 0 Å². The molecule has 5 nitrogen and oxygen atoms in total. The molecule has 7 aromatic carbocycles. The van der Waals surface area contributed by atoms with Gasteiger partial charge in [-0.1, -0.05) is 117 Å². The summed E-state index contributed by atoms with van der Waals surface area (Å²) >= 11 is 0. The minimum Gasteiger partial charge on any atom is -0.456 e. The Bertz CT molecular complexity index is 3060. The van der Waals surface area contributed by atoms with Crippen molar-refractivity contribution in [2.75, 3.05) is 0 Å². The Kier molecular flexibility index (Phi) is 5.66. The monoisotopic (exact) mass is 654 g/mol. The molecule has 1 aliphatic carbocycles. The lowest BCUT2D eigenvalue weighted by Gasteiger charge is -2.21. The van der Waals surface area contributed by atoms with Crippen molar-refractivity contribution in [3.63, 3.8) is 0 Å². The summed E-state index contributed by atoms with van der Waals surface area (Å²) in [5.74, 6) is 1.81. The SMILES string of the molecule is CC1(C)c2ccccc2-c2cc3c4ccccc4n(-c4nc(-c5ccccc5)nc(-c5ccc6oc7ccc8ccccc8c7c6c5)n4)c3cc21. The third kappa shape index (κ3) is 4.00. The molecule has 3 heterocycles. The molecule has 0 fully saturated rings. The second kappa shape index (κ2) is 10.2. The van der Waals surface area contributed by atoms with Gasteiger partial charge in [0.1, 0.15) is 11.2 Å². The average Bonchev–Trinajstić information content (AvgIpc) is 3.79. The summed E-state index contributed by atoms with van der Waals surface area (Å²) in [6.07, 6.45) is 0. The summed E-state index contributed by atoms with van der Waals surface area (Å²) in [5, 5.41) is 6.82. The molecule has 0 amide bonds. The molecule has 1 aliphatic rings. The Hall–Kier alpha value is -6.59. The van der Waals surface area contributed by atoms with E-state index in [0.717, 1.165) is 49.5 Å². The van der Waals surface area contributed by atoms with Gasteiger partial charge in [0.05, 0.1) is 11.0 Å². The number of para-hydroxylation sites is 1. The zero-order valence-electron chi connectivity index (χ0n) is 28.1. The summed E-state index contributed by atoms with van der Waals surface area (Å²) in [6, 6.07) is 51.2. The van der Waals surface area contributed by atoms with Crippen molar-refractivity contribution >= 4 is 54.5 Å². The predicted molar refractivity (Wildman–Crippen MR) is 207 cm³/mol. The van der Waals surface area contributed by atoms with Crippen molar-refractivity contribution in [1.82, 2.24) is 19.5 Å². The number of rotatable bonds is 3. The number of fused-ring (bicyclic) bond motifs is 11. The van der Waals surface area contributed by atoms with Crippen molar-refractivity contribution in [2.45, 2.75) is 19.3 Å². The second-order valence-corrected chi connectivity index (χ2v) is 14.1. The number of hydrogen-bond donors (Lipinski definition) is 0. The maximum absolute atomic E-state index is 6.34. The van der Waals surface area contributed by atoms with E-state index in [1.54, 1.807) is 0 Å². The zero-order chi connectivity index (χ0) is 33.8. The van der Waals surface area contributed by atoms with E-state index in [0.29, 0.717) is 17.6 Å². The van der Waals surface area contributed by atoms with Crippen molar-refractivity contribution in [3.8, 4) is 39.9 Å². The second-order valence-electron chi connectivity index (χ2n) is 14.1. The van der Waals surface area contributed by atoms with Crippen LogP contribution in [-0.4, -0.2) is 19.5 Å². The number of hydrogen-bond acceptors (Lipinski definition) is 4. The lowest BCUT2D eigenvalue weighted by atomic mass is 9.82. The molecule has 0 N–H and O–H groups in total. The molecule has 0 radical (unpaired) electrons. The summed E-state index contributed by atoms with van der Waals surface area (Å²) in [5.41, 5.74) is 10.8. The molecule has 51 heavy (non-hydrogen) atoms. The summed E-state index contributed by atoms with van der Waals surface area (Å²) < 4.78 is 8.57. The highest BCUT2D eigenvalue weighted by atomic mass is 16.3. The molecule has 0 bridgehead atoms. The van der Waals surface area contributed by atoms with E-state index in [2.05, 4.69) is 140 Å². The van der Waals surface area contributed by atoms with Crippen LogP contribution in [0.25, 0.3) is 94.4 Å². The number of aromatic nitrogens is 4. The highest BCUT2D eigenvalue weighted by molar-refractivity contribution is 6.19. The molecule has 0 unspecified atom stereocenters. The van der Waals surface area contributed by atoms with Crippen molar-refractivity contribution < 1.29 is 4.42 Å². The van der Waals surface area contributed by atoms with Crippen LogP contribution in [0.5, 0.6) is 0 Å². The van der Waals surface area contributed by atoms with E-state index in [9.17, 15) is 0 Å². The van der Waals surface area contributed by atoms with Gasteiger partial charge in [-0.05, 0) is 75.5 Å². The quantitative estimate of drug-likeness (QED) is 0.190. The van der Waals surface area contributed by atoms with Gasteiger partial charge in [0.2, 0.25) is 5.95 Å². The molecule has 11 rings (SSSR count). The Labute approximate surface area is 293 Å². The standard InChI is InChI=1S/C46H30N4O/c1-46(2)36-18-10-8-16-31(36)33-25-34-32-17-9-11-19-38(32)50(39(34)26-37(33)46)45-48-43(28-13-4-3-5-14-28)47-44(49-45)29-21-22-40-35(24-29)42-30-15-7-6-12-27(30)20-23-41(42)51-40/h3-26H,1-2H3. The molecule has 240 valence electrons. The van der Waals surface area contributed by atoms with Gasteiger partial charge in [0, 0.05) is 38.1 Å². The van der Waals surface area contributed by atoms with E-state index in [1.165, 1.54) is 38.4 Å². The molecule has 5 heteroatoms. The summed E-state index contributed by atoms with van der Waals surface area (Å²) in [7, 11) is 0. The third-order valence-electron chi connectivity index (χ3n) is 10.8. The Morgan fingerprint density at radius 2 is 1.22 bits per heavy atom. The predicted octanol–water partition coefficient (Wildman–Crippen LogP) is 11.7. The highest BCUT2D eigenvalue weighted by Gasteiger charge is 2.36. The molecule has 0 atom stereocenters. The Balaban J connectivity index is 1.20. The van der Waals surface area contributed by atoms with Gasteiger partial charge in [-0.2, -0.15) is 9.97 Å². The average molecular weight is 655 g/mol. The van der Waals surface area contributed by atoms with E-state index < -0.39 is 0 Å². The minimum atomic E-state index is -0.145. The highest BCUT2D eigenvalue weighted by Crippen LogP contribution is 2.51. The zero-order valence-corrected chi connectivity index (χ0v) is 28.1. The molecule has 0 aliphatic heterocycles. The van der Waals surface area contributed by atoms with E-state index >= 15 is 0 Å². The Morgan fingerprint density at radius 3 is 2.10 bits per heavy atom. The molecule has 0 spiro atoms. The maximum Gasteiger partial charge on any atom is 0.238 e. The van der Waals surface area contributed by atoms with Gasteiger partial charge in [-0.15, -0.1) is 0 Å². The molecule has 0 saturated carbocycles. The lowest BCUT2D eigenvalue weighted by Crippen LogP contribution is -2.15. The third-order valence-corrected chi connectivity index (χ3v) is 10.8. The van der Waals surface area contributed by atoms with Gasteiger partial charge < -0.3 is 4.42 Å². The van der Waals surface area contributed by atoms with Crippen molar-refractivity contribution in [3.05, 3.63) is 157 Å². The van der Waals surface area contributed by atoms with E-state index in [1.807, 2.05) is 24.3 Å². The van der Waals surface area contributed by atoms with Crippen LogP contribution in [0.15, 0.2) is 150 Å². The van der Waals surface area contributed by atoms with Crippen LogP contribution in [0.2, 0.25) is 0 Å². The first-order valence-electron chi connectivity index (χ1n) is 17.4. The topological polar surface area (TPSA) is 56.7 Å². The normalized spacial score (nSPS) is 13.5. The molecular weight excluding hydrogens is 625 g/mol. The largest absolute Gasteiger partial charge is 0.456 e. The summed E-state index contributed by atoms with van der Waals surface area (Å²) in [4.78, 5) is 15.6. The van der Waals surface area contributed by atoms with Gasteiger partial charge in [0.15, 0.2) is 11.6 Å². The van der Waals surface area contributed by atoms with Crippen LogP contribution in [0.1, 0.15) is 25.0 Å². The molecule has 0 saturated heterocycles. The van der Waals surface area contributed by atoms with E-state index in [4.69, 9.17) is 19.4 Å². The number of furan rings is 1. The fourth-order valence-corrected chi connectivity index (χ4v) is 8.38. The Morgan fingerprint density at radius 1 is 0.490 bits per heavy atom. The first-order valence-corrected chi connectivity index (χ1v) is 17.4. The number of benzene rings is 7. The smallest absolute Gasteiger partial charge is 0.238 e. The van der Waals surface area contributed by atoms with Crippen LogP contribution < -0.4 is 0 Å². The first-order chi connectivity index (χ1) is 25.0. The van der Waals surface area contributed by atoms with Gasteiger partial charge >= 0.3 is 0 Å². The van der Waals surface area contributed by atoms with E-state index in [-0.39, 0.29) is 5.41 Å². The summed E-state index contributed by atoms with van der Waals surface area (Å²) in [6.45, 7) is 4.65. The van der Waals surface area contributed by atoms with Gasteiger partial charge in [-0.3, -0.25) is 4.57 Å². The minimum absolute atomic E-state index is 0.145. The van der Waals surface area contributed by atoms with Crippen LogP contribution in [-0.2, 0) is 5.41 Å². The van der Waals surface area contributed by atoms with Crippen LogP contribution in [0, 0.1) is 0 Å². The fraction of sp³-hybridized carbons (Fsp3) is 0.0652. The van der Waals surface area contributed by atoms with Gasteiger partial charge in [0.25, 0.3) is 0 Å². The van der Waals surface area contributed by atoms with Crippen LogP contribution in [0.4, 0.5) is 0 Å². The number of nitrogens with zero attached hydrogens (tertiary/aromatic N) is 4. The fourth-order valence-electron chi connectivity index (χ4n) is 8.38. The van der Waals surface area contributed by atoms with Crippen molar-refractivity contribution in [2.24, 2.45) is 0 Å². The molecular formula is C46H30N4O.